The lowest BCUT2D eigenvalue weighted by molar-refractivity contribution is 0.0488. The highest BCUT2D eigenvalue weighted by Gasteiger charge is 2.26. The zero-order chi connectivity index (χ0) is 26.9. The normalized spacial score (nSPS) is 17.9. The average molecular weight is 530 g/mol. The Bertz CT molecular complexity index is 1430. The molecular weight excluding hydrogens is 490 g/mol. The Labute approximate surface area is 230 Å². The first-order chi connectivity index (χ1) is 19.0. The Kier molecular flexibility index (Phi) is 7.36. The van der Waals surface area contributed by atoms with Crippen LogP contribution < -0.4 is 4.74 Å². The van der Waals surface area contributed by atoms with Gasteiger partial charge in [0, 0.05) is 43.3 Å². The summed E-state index contributed by atoms with van der Waals surface area (Å²) in [7, 11) is 1.65. The number of nitrogens with one attached hydrogen (secondary N) is 1. The number of aryl methyl sites for hydroxylation is 1. The van der Waals surface area contributed by atoms with Gasteiger partial charge in [-0.25, -0.2) is 9.50 Å². The maximum Gasteiger partial charge on any atom is 0.197 e. The number of H-pyrrole nitrogens is 1. The van der Waals surface area contributed by atoms with E-state index >= 15 is 0 Å². The van der Waals surface area contributed by atoms with Gasteiger partial charge >= 0.3 is 0 Å². The maximum absolute atomic E-state index is 5.59. The maximum atomic E-state index is 5.59. The summed E-state index contributed by atoms with van der Waals surface area (Å²) >= 11 is 0. The summed E-state index contributed by atoms with van der Waals surface area (Å²) in [6.45, 7) is 12.0. The second-order valence-electron chi connectivity index (χ2n) is 11.4. The minimum absolute atomic E-state index is 0.244. The highest BCUT2D eigenvalue weighted by molar-refractivity contribution is 5.75. The van der Waals surface area contributed by atoms with E-state index in [9.17, 15) is 0 Å². The molecule has 2 fully saturated rings. The smallest absolute Gasteiger partial charge is 0.197 e. The highest BCUT2D eigenvalue weighted by atomic mass is 16.5. The Morgan fingerprint density at radius 2 is 1.90 bits per heavy atom. The third-order valence-corrected chi connectivity index (χ3v) is 8.51. The molecule has 9 nitrogen and oxygen atoms in total. The van der Waals surface area contributed by atoms with Crippen molar-refractivity contribution in [2.24, 2.45) is 5.92 Å². The van der Waals surface area contributed by atoms with Crippen LogP contribution in [0.2, 0.25) is 0 Å². The Balaban J connectivity index is 1.22. The van der Waals surface area contributed by atoms with Crippen LogP contribution in [0.1, 0.15) is 68.1 Å². The fourth-order valence-corrected chi connectivity index (χ4v) is 6.35. The molecule has 0 unspecified atom stereocenters. The quantitative estimate of drug-likeness (QED) is 0.350. The number of fused-ring (bicyclic) bond motifs is 1. The number of nitrogens with zero attached hydrogens (tertiary/aromatic N) is 6. The van der Waals surface area contributed by atoms with Crippen molar-refractivity contribution in [3.63, 3.8) is 0 Å². The van der Waals surface area contributed by atoms with Gasteiger partial charge in [-0.2, -0.15) is 10.2 Å². The van der Waals surface area contributed by atoms with E-state index in [1.54, 1.807) is 11.6 Å². The molecule has 0 atom stereocenters. The van der Waals surface area contributed by atoms with Gasteiger partial charge in [0.2, 0.25) is 0 Å². The van der Waals surface area contributed by atoms with Crippen molar-refractivity contribution in [1.29, 1.82) is 0 Å². The second-order valence-corrected chi connectivity index (χ2v) is 11.4. The van der Waals surface area contributed by atoms with Crippen molar-refractivity contribution in [3.8, 4) is 28.4 Å². The predicted octanol–water partition coefficient (Wildman–Crippen LogP) is 5.23. The zero-order valence-corrected chi connectivity index (χ0v) is 23.5. The van der Waals surface area contributed by atoms with Crippen LogP contribution in [-0.2, 0) is 4.74 Å². The summed E-state index contributed by atoms with van der Waals surface area (Å²) in [4.78, 5) is 11.9. The molecule has 4 aromatic rings. The number of piperidine rings is 1. The molecule has 6 heterocycles. The van der Waals surface area contributed by atoms with Gasteiger partial charge in [-0.15, -0.1) is 0 Å². The van der Waals surface area contributed by atoms with E-state index in [1.165, 1.54) is 62.8 Å². The van der Waals surface area contributed by atoms with Gasteiger partial charge in [0.15, 0.2) is 11.4 Å². The summed E-state index contributed by atoms with van der Waals surface area (Å²) in [6.07, 6.45) is 10.4. The van der Waals surface area contributed by atoms with E-state index in [0.29, 0.717) is 17.3 Å². The summed E-state index contributed by atoms with van der Waals surface area (Å²) in [5.41, 5.74) is 8.23. The first-order valence-corrected chi connectivity index (χ1v) is 14.2. The Hall–Kier alpha value is -3.30. The molecule has 0 spiro atoms. The first kappa shape index (κ1) is 26.0. The fraction of sp³-hybridized carbons (Fsp3) is 0.533. The molecule has 6 rings (SSSR count). The van der Waals surface area contributed by atoms with Gasteiger partial charge in [-0.05, 0) is 86.7 Å². The van der Waals surface area contributed by atoms with Crippen molar-refractivity contribution in [1.82, 2.24) is 34.7 Å². The van der Waals surface area contributed by atoms with Crippen molar-refractivity contribution < 1.29 is 9.47 Å². The number of rotatable bonds is 7. The lowest BCUT2D eigenvalue weighted by Crippen LogP contribution is -2.38. The molecule has 0 saturated carbocycles. The standard InChI is InChI=1S/C30H39N7O2/c1-19(2)27-28(23-14-26(38-4)30-32-18-33-37(30)17-23)34-35-29(27)25-13-20(3)24(15-31-25)22-5-9-36(10-6-22)16-21-7-11-39-12-8-21/h13-15,17-19,21-22H,5-12,16H2,1-4H3,(H,34,35). The van der Waals surface area contributed by atoms with Gasteiger partial charge in [0.1, 0.15) is 12.0 Å². The Morgan fingerprint density at radius 1 is 1.10 bits per heavy atom. The second kappa shape index (κ2) is 11.1. The monoisotopic (exact) mass is 529 g/mol. The van der Waals surface area contributed by atoms with Gasteiger partial charge in [0.05, 0.1) is 18.5 Å². The number of aromatic nitrogens is 6. The largest absolute Gasteiger partial charge is 0.493 e. The summed E-state index contributed by atoms with van der Waals surface area (Å²) in [5, 5.41) is 12.4. The van der Waals surface area contributed by atoms with Gasteiger partial charge < -0.3 is 14.4 Å². The first-order valence-electron chi connectivity index (χ1n) is 14.2. The lowest BCUT2D eigenvalue weighted by atomic mass is 9.86. The molecule has 2 aliphatic rings. The molecule has 0 aromatic carbocycles. The number of hydrogen-bond donors (Lipinski definition) is 1. The minimum Gasteiger partial charge on any atom is -0.493 e. The predicted molar refractivity (Wildman–Crippen MR) is 151 cm³/mol. The number of likely N-dealkylation sites (tertiary alicyclic amines) is 1. The lowest BCUT2D eigenvalue weighted by Gasteiger charge is -2.35. The van der Waals surface area contributed by atoms with E-state index in [4.69, 9.17) is 19.6 Å². The third-order valence-electron chi connectivity index (χ3n) is 8.51. The molecule has 0 radical (unpaired) electrons. The van der Waals surface area contributed by atoms with E-state index in [-0.39, 0.29) is 5.92 Å². The van der Waals surface area contributed by atoms with Crippen LogP contribution in [0.15, 0.2) is 30.9 Å². The molecule has 206 valence electrons. The molecule has 0 bridgehead atoms. The molecule has 9 heteroatoms. The molecule has 39 heavy (non-hydrogen) atoms. The number of ether oxygens (including phenoxy) is 2. The van der Waals surface area contributed by atoms with Gasteiger partial charge in [-0.1, -0.05) is 13.8 Å². The molecule has 4 aromatic heterocycles. The van der Waals surface area contributed by atoms with Gasteiger partial charge in [0.25, 0.3) is 0 Å². The number of aromatic amines is 1. The Morgan fingerprint density at radius 3 is 2.62 bits per heavy atom. The van der Waals surface area contributed by atoms with E-state index < -0.39 is 0 Å². The van der Waals surface area contributed by atoms with Crippen molar-refractivity contribution in [2.75, 3.05) is 40.0 Å². The van der Waals surface area contributed by atoms with Crippen LogP contribution in [0.4, 0.5) is 0 Å². The van der Waals surface area contributed by atoms with E-state index in [0.717, 1.165) is 47.3 Å². The average Bonchev–Trinajstić information content (AvgIpc) is 3.61. The molecular formula is C30H39N7O2. The summed E-state index contributed by atoms with van der Waals surface area (Å²) < 4.78 is 12.9. The minimum atomic E-state index is 0.244. The van der Waals surface area contributed by atoms with Crippen molar-refractivity contribution >= 4 is 5.65 Å². The van der Waals surface area contributed by atoms with Gasteiger partial charge in [-0.3, -0.25) is 10.1 Å². The number of hydrogen-bond acceptors (Lipinski definition) is 7. The van der Waals surface area contributed by atoms with Crippen LogP contribution in [0.3, 0.4) is 0 Å². The summed E-state index contributed by atoms with van der Waals surface area (Å²) in [5.74, 6) is 2.28. The van der Waals surface area contributed by atoms with E-state index in [1.807, 2.05) is 12.3 Å². The van der Waals surface area contributed by atoms with Crippen LogP contribution >= 0.6 is 0 Å². The zero-order valence-electron chi connectivity index (χ0n) is 23.5. The van der Waals surface area contributed by atoms with Crippen LogP contribution in [0, 0.1) is 12.8 Å². The van der Waals surface area contributed by atoms with Crippen LogP contribution in [0.25, 0.3) is 28.3 Å². The third kappa shape index (κ3) is 5.17. The molecule has 2 saturated heterocycles. The number of pyridine rings is 2. The molecule has 0 aliphatic carbocycles. The number of methoxy groups -OCH3 is 1. The summed E-state index contributed by atoms with van der Waals surface area (Å²) in [6, 6.07) is 4.21. The topological polar surface area (TPSA) is 93.5 Å². The molecule has 2 aliphatic heterocycles. The van der Waals surface area contributed by atoms with Crippen LogP contribution in [-0.4, -0.2) is 74.6 Å². The SMILES string of the molecule is COc1cc(-c2[nH]nc(-c3cc(C)c(C4CCN(CC5CCOCC5)CC4)cn3)c2C(C)C)cn2ncnc12. The fourth-order valence-electron chi connectivity index (χ4n) is 6.35. The van der Waals surface area contributed by atoms with Crippen LogP contribution in [0.5, 0.6) is 5.75 Å². The van der Waals surface area contributed by atoms with Crippen molar-refractivity contribution in [2.45, 2.75) is 58.3 Å². The highest BCUT2D eigenvalue weighted by Crippen LogP contribution is 2.38. The molecule has 1 N–H and O–H groups in total. The molecule has 0 amide bonds. The van der Waals surface area contributed by atoms with Crippen molar-refractivity contribution in [3.05, 3.63) is 47.5 Å². The van der Waals surface area contributed by atoms with E-state index in [2.05, 4.69) is 53.1 Å².